The van der Waals surface area contributed by atoms with Crippen LogP contribution in [0.15, 0.2) is 71.1 Å². The molecule has 0 aliphatic carbocycles. The van der Waals surface area contributed by atoms with Crippen molar-refractivity contribution in [2.45, 2.75) is 26.1 Å². The molecule has 7 aromatic rings. The molecule has 4 aromatic heterocycles. The first-order valence-electron chi connectivity index (χ1n) is 16.5. The highest BCUT2D eigenvalue weighted by Crippen LogP contribution is 2.41. The number of fused-ring (bicyclic) bond motifs is 6. The summed E-state index contributed by atoms with van der Waals surface area (Å²) in [5.41, 5.74) is 2.31. The molecule has 0 saturated carbocycles. The van der Waals surface area contributed by atoms with E-state index in [1.807, 2.05) is 4.90 Å². The third-order valence-corrected chi connectivity index (χ3v) is 10.7. The third kappa shape index (κ3) is 5.69. The monoisotopic (exact) mass is 730 g/mol. The molecule has 52 heavy (non-hydrogen) atoms. The number of likely N-dealkylation sites (tertiary alicyclic amines) is 1. The van der Waals surface area contributed by atoms with Crippen molar-refractivity contribution in [1.82, 2.24) is 24.6 Å². The summed E-state index contributed by atoms with van der Waals surface area (Å²) < 4.78 is 94.5. The van der Waals surface area contributed by atoms with Gasteiger partial charge in [-0.3, -0.25) is 18.8 Å². The van der Waals surface area contributed by atoms with Crippen molar-refractivity contribution in [3.63, 3.8) is 0 Å². The van der Waals surface area contributed by atoms with E-state index in [9.17, 15) is 22.0 Å². The molecule has 8 rings (SSSR count). The standard InChI is InChI=1S/C37H30F4N6O4S/c1-3-52(49,50)45-29-16-32-24(34(37(48)42-2)36(51-32)21-8-7-19(38)13-26(21)41)14-23(29)27-9-10-28-35(44-27)31-15-22-25(40)5-4-6-30(22)47(31)33(43-28)18-46-12-11-20(39)17-46/h4-10,13-16,20,45H,3,11-12,17-18H2,1-2H3,(H,42,48)/t20-/m1/s1. The Labute approximate surface area is 294 Å². The molecule has 0 spiro atoms. The number of aromatic nitrogens is 3. The summed E-state index contributed by atoms with van der Waals surface area (Å²) in [6.45, 7) is 2.58. The van der Waals surface area contributed by atoms with Crippen molar-refractivity contribution in [2.24, 2.45) is 0 Å². The maximum Gasteiger partial charge on any atom is 0.255 e. The van der Waals surface area contributed by atoms with Gasteiger partial charge in [0.15, 0.2) is 5.76 Å². The van der Waals surface area contributed by atoms with Gasteiger partial charge in [0.2, 0.25) is 10.0 Å². The van der Waals surface area contributed by atoms with E-state index in [1.54, 1.807) is 34.7 Å². The predicted molar refractivity (Wildman–Crippen MR) is 190 cm³/mol. The summed E-state index contributed by atoms with van der Waals surface area (Å²) in [6.07, 6.45) is -0.531. The lowest BCUT2D eigenvalue weighted by Gasteiger charge is -2.17. The Bertz CT molecular complexity index is 2710. The number of anilines is 1. The Hall–Kier alpha value is -5.54. The van der Waals surface area contributed by atoms with Crippen LogP contribution in [0.4, 0.5) is 23.2 Å². The normalized spacial score (nSPS) is 15.4. The molecule has 2 N–H and O–H groups in total. The van der Waals surface area contributed by atoms with E-state index in [1.165, 1.54) is 32.2 Å². The van der Waals surface area contributed by atoms with Gasteiger partial charge >= 0.3 is 0 Å². The van der Waals surface area contributed by atoms with Crippen LogP contribution in [-0.2, 0) is 16.6 Å². The van der Waals surface area contributed by atoms with Crippen LogP contribution in [0.3, 0.4) is 0 Å². The van der Waals surface area contributed by atoms with Gasteiger partial charge in [0.25, 0.3) is 5.91 Å². The zero-order valence-electron chi connectivity index (χ0n) is 27.8. The van der Waals surface area contributed by atoms with Crippen LogP contribution < -0.4 is 10.0 Å². The number of nitrogens with zero attached hydrogens (tertiary/aromatic N) is 4. The number of sulfonamides is 1. The molecule has 10 nitrogen and oxygen atoms in total. The van der Waals surface area contributed by atoms with Gasteiger partial charge in [-0.05, 0) is 61.9 Å². The average molecular weight is 731 g/mol. The molecular formula is C37H30F4N6O4S. The number of hydrogen-bond acceptors (Lipinski definition) is 7. The topological polar surface area (TPSA) is 122 Å². The Kier molecular flexibility index (Phi) is 8.14. The van der Waals surface area contributed by atoms with Crippen molar-refractivity contribution >= 4 is 60.0 Å². The number of alkyl halides is 1. The first kappa shape index (κ1) is 33.6. The number of hydrogen-bond donors (Lipinski definition) is 2. The third-order valence-electron chi connectivity index (χ3n) is 9.38. The minimum absolute atomic E-state index is 0.0510. The molecule has 3 aromatic carbocycles. The number of pyridine rings is 1. The lowest BCUT2D eigenvalue weighted by Crippen LogP contribution is -2.23. The van der Waals surface area contributed by atoms with E-state index in [4.69, 9.17) is 14.4 Å². The first-order valence-corrected chi connectivity index (χ1v) is 18.1. The summed E-state index contributed by atoms with van der Waals surface area (Å²) >= 11 is 0. The fraction of sp³-hybridized carbons (Fsp3) is 0.216. The molecule has 5 heterocycles. The maximum atomic E-state index is 15.2. The zero-order valence-corrected chi connectivity index (χ0v) is 28.6. The molecule has 15 heteroatoms. The Morgan fingerprint density at radius 2 is 1.79 bits per heavy atom. The average Bonchev–Trinajstić information content (AvgIpc) is 3.83. The van der Waals surface area contributed by atoms with Crippen LogP contribution >= 0.6 is 0 Å². The first-order chi connectivity index (χ1) is 24.9. The number of benzene rings is 3. The highest BCUT2D eigenvalue weighted by atomic mass is 32.2. The fourth-order valence-corrected chi connectivity index (χ4v) is 7.49. The summed E-state index contributed by atoms with van der Waals surface area (Å²) in [5, 5.41) is 3.07. The van der Waals surface area contributed by atoms with Crippen LogP contribution in [0.2, 0.25) is 0 Å². The van der Waals surface area contributed by atoms with E-state index in [0.29, 0.717) is 58.9 Å². The number of carbonyl (C=O) groups is 1. The fourth-order valence-electron chi connectivity index (χ4n) is 6.84. The molecule has 1 amide bonds. The predicted octanol–water partition coefficient (Wildman–Crippen LogP) is 7.20. The summed E-state index contributed by atoms with van der Waals surface area (Å²) in [4.78, 5) is 25.1. The molecule has 0 radical (unpaired) electrons. The number of carbonyl (C=O) groups excluding carboxylic acids is 1. The van der Waals surface area contributed by atoms with E-state index in [2.05, 4.69) is 10.0 Å². The van der Waals surface area contributed by atoms with Gasteiger partial charge in [-0.15, -0.1) is 0 Å². The minimum atomic E-state index is -3.87. The maximum absolute atomic E-state index is 15.2. The summed E-state index contributed by atoms with van der Waals surface area (Å²) in [6, 6.07) is 15.5. The van der Waals surface area contributed by atoms with E-state index < -0.39 is 39.6 Å². The largest absolute Gasteiger partial charge is 0.455 e. The Morgan fingerprint density at radius 1 is 0.962 bits per heavy atom. The minimum Gasteiger partial charge on any atom is -0.455 e. The molecule has 0 unspecified atom stereocenters. The highest BCUT2D eigenvalue weighted by Gasteiger charge is 2.28. The molecule has 1 fully saturated rings. The number of amides is 1. The Balaban J connectivity index is 1.38. The van der Waals surface area contributed by atoms with E-state index in [-0.39, 0.29) is 57.1 Å². The van der Waals surface area contributed by atoms with Gasteiger partial charge in [0, 0.05) is 48.6 Å². The molecular weight excluding hydrogens is 701 g/mol. The van der Waals surface area contributed by atoms with Crippen LogP contribution in [-0.4, -0.2) is 65.7 Å². The molecule has 1 atom stereocenters. The quantitative estimate of drug-likeness (QED) is 0.159. The second-order valence-electron chi connectivity index (χ2n) is 12.7. The number of nitrogens with one attached hydrogen (secondary N) is 2. The number of rotatable bonds is 8. The highest BCUT2D eigenvalue weighted by molar-refractivity contribution is 7.92. The SMILES string of the molecule is CCS(=O)(=O)Nc1cc2oc(-c3ccc(F)cc3F)c(C(=O)NC)c2cc1-c1ccc2nc(CN3CC[C@@H](F)C3)n3c4cccc(F)c4cc3c2n1. The van der Waals surface area contributed by atoms with Crippen molar-refractivity contribution in [1.29, 1.82) is 0 Å². The summed E-state index contributed by atoms with van der Waals surface area (Å²) in [7, 11) is -2.48. The van der Waals surface area contributed by atoms with Gasteiger partial charge < -0.3 is 9.73 Å². The van der Waals surface area contributed by atoms with Crippen LogP contribution in [0.5, 0.6) is 0 Å². The van der Waals surface area contributed by atoms with Crippen molar-refractivity contribution in [3.8, 4) is 22.6 Å². The van der Waals surface area contributed by atoms with Gasteiger partial charge in [-0.1, -0.05) is 6.07 Å². The molecule has 1 saturated heterocycles. The van der Waals surface area contributed by atoms with Gasteiger partial charge in [0.05, 0.1) is 51.4 Å². The smallest absolute Gasteiger partial charge is 0.255 e. The van der Waals surface area contributed by atoms with Gasteiger partial charge in [-0.2, -0.15) is 0 Å². The zero-order chi connectivity index (χ0) is 36.5. The number of halogens is 4. The molecule has 1 aliphatic heterocycles. The Morgan fingerprint density at radius 3 is 2.52 bits per heavy atom. The van der Waals surface area contributed by atoms with Crippen molar-refractivity contribution in [3.05, 3.63) is 95.6 Å². The molecule has 266 valence electrons. The van der Waals surface area contributed by atoms with Crippen molar-refractivity contribution < 1.29 is 35.2 Å². The number of furan rings is 1. The summed E-state index contributed by atoms with van der Waals surface area (Å²) in [5.74, 6) is -2.74. The van der Waals surface area contributed by atoms with Crippen LogP contribution in [0, 0.1) is 17.5 Å². The van der Waals surface area contributed by atoms with Gasteiger partial charge in [0.1, 0.15) is 40.5 Å². The van der Waals surface area contributed by atoms with E-state index >= 15 is 8.78 Å². The molecule has 0 bridgehead atoms. The van der Waals surface area contributed by atoms with Gasteiger partial charge in [-0.25, -0.2) is 35.9 Å². The van der Waals surface area contributed by atoms with Crippen LogP contribution in [0.1, 0.15) is 29.5 Å². The lowest BCUT2D eigenvalue weighted by atomic mass is 10.0. The van der Waals surface area contributed by atoms with E-state index in [0.717, 1.165) is 12.1 Å². The second kappa shape index (κ2) is 12.6. The second-order valence-corrected chi connectivity index (χ2v) is 14.7. The van der Waals surface area contributed by atoms with Crippen LogP contribution in [0.25, 0.3) is 61.0 Å². The molecule has 1 aliphatic rings. The lowest BCUT2D eigenvalue weighted by molar-refractivity contribution is 0.0964. The van der Waals surface area contributed by atoms with Crippen molar-refractivity contribution in [2.75, 3.05) is 30.6 Å².